The minimum atomic E-state index is -4.17. The molecule has 0 saturated carbocycles. The molecule has 0 heterocycles. The van der Waals surface area contributed by atoms with Crippen molar-refractivity contribution in [1.29, 1.82) is 0 Å². The minimum Gasteiger partial charge on any atom is -0.352 e. The number of hydrogen-bond acceptors (Lipinski definition) is 4. The molecule has 1 unspecified atom stereocenters. The summed E-state index contributed by atoms with van der Waals surface area (Å²) in [5.41, 5.74) is 3.65. The van der Waals surface area contributed by atoms with Crippen LogP contribution in [-0.4, -0.2) is 43.8 Å². The van der Waals surface area contributed by atoms with E-state index in [1.54, 1.807) is 54.6 Å². The highest BCUT2D eigenvalue weighted by Crippen LogP contribution is 2.27. The smallest absolute Gasteiger partial charge is 0.264 e. The van der Waals surface area contributed by atoms with E-state index in [9.17, 15) is 18.0 Å². The first-order valence-electron chi connectivity index (χ1n) is 14.6. The van der Waals surface area contributed by atoms with Crippen molar-refractivity contribution in [3.05, 3.63) is 129 Å². The van der Waals surface area contributed by atoms with Crippen LogP contribution in [-0.2, 0) is 32.6 Å². The maximum atomic E-state index is 14.5. The highest BCUT2D eigenvalue weighted by Gasteiger charge is 2.35. The van der Waals surface area contributed by atoms with Gasteiger partial charge >= 0.3 is 0 Å². The molecular weight excluding hydrogens is 629 g/mol. The van der Waals surface area contributed by atoms with Gasteiger partial charge in [0.15, 0.2) is 0 Å². The van der Waals surface area contributed by atoms with Crippen LogP contribution in [0.4, 0.5) is 5.69 Å². The Balaban J connectivity index is 1.81. The van der Waals surface area contributed by atoms with Gasteiger partial charge in [-0.15, -0.1) is 0 Å². The van der Waals surface area contributed by atoms with E-state index in [4.69, 9.17) is 23.2 Å². The third-order valence-electron chi connectivity index (χ3n) is 7.25. The zero-order valence-electron chi connectivity index (χ0n) is 25.7. The molecule has 0 aliphatic rings. The Morgan fingerprint density at radius 1 is 0.778 bits per heavy atom. The van der Waals surface area contributed by atoms with Crippen LogP contribution in [0.3, 0.4) is 0 Å². The summed E-state index contributed by atoms with van der Waals surface area (Å²) < 4.78 is 29.3. The summed E-state index contributed by atoms with van der Waals surface area (Å²) in [6.07, 6.45) is 0.210. The number of carbonyl (C=O) groups excluding carboxylic acids is 2. The molecule has 0 spiro atoms. The third kappa shape index (κ3) is 8.87. The van der Waals surface area contributed by atoms with E-state index in [0.29, 0.717) is 21.3 Å². The second-order valence-corrected chi connectivity index (χ2v) is 14.0. The van der Waals surface area contributed by atoms with Gasteiger partial charge < -0.3 is 10.2 Å². The van der Waals surface area contributed by atoms with Crippen LogP contribution in [0.1, 0.15) is 36.1 Å². The number of hydrogen-bond donors (Lipinski definition) is 1. The number of rotatable bonds is 12. The van der Waals surface area contributed by atoms with Crippen LogP contribution in [0.2, 0.25) is 10.0 Å². The predicted octanol–water partition coefficient (Wildman–Crippen LogP) is 6.97. The molecule has 4 aromatic carbocycles. The van der Waals surface area contributed by atoms with Crippen molar-refractivity contribution in [2.75, 3.05) is 10.8 Å². The zero-order chi connectivity index (χ0) is 32.7. The Hall–Kier alpha value is -3.85. The van der Waals surface area contributed by atoms with Gasteiger partial charge in [-0.3, -0.25) is 13.9 Å². The van der Waals surface area contributed by atoms with Crippen LogP contribution < -0.4 is 9.62 Å². The quantitative estimate of drug-likeness (QED) is 0.177. The second kappa shape index (κ2) is 15.0. The summed E-state index contributed by atoms with van der Waals surface area (Å²) in [6, 6.07) is 26.6. The first kappa shape index (κ1) is 34.0. The molecule has 7 nitrogen and oxygen atoms in total. The molecule has 4 rings (SSSR count). The summed E-state index contributed by atoms with van der Waals surface area (Å²) in [5, 5.41) is 3.60. The van der Waals surface area contributed by atoms with E-state index in [-0.39, 0.29) is 29.8 Å². The first-order chi connectivity index (χ1) is 21.3. The number of benzene rings is 4. The molecule has 1 atom stereocenters. The molecule has 0 saturated heterocycles. The van der Waals surface area contributed by atoms with Crippen molar-refractivity contribution in [2.45, 2.75) is 57.6 Å². The number of carbonyl (C=O) groups is 2. The fourth-order valence-corrected chi connectivity index (χ4v) is 6.58. The van der Waals surface area contributed by atoms with E-state index in [2.05, 4.69) is 5.32 Å². The fourth-order valence-electron chi connectivity index (χ4n) is 4.85. The summed E-state index contributed by atoms with van der Waals surface area (Å²) >= 11 is 12.5. The Morgan fingerprint density at radius 3 is 1.96 bits per heavy atom. The van der Waals surface area contributed by atoms with Crippen LogP contribution >= 0.6 is 23.2 Å². The van der Waals surface area contributed by atoms with Gasteiger partial charge in [-0.05, 0) is 75.2 Å². The molecule has 45 heavy (non-hydrogen) atoms. The molecule has 4 aromatic rings. The van der Waals surface area contributed by atoms with Gasteiger partial charge in [0.2, 0.25) is 11.8 Å². The lowest BCUT2D eigenvalue weighted by molar-refractivity contribution is -0.140. The number of amides is 2. The van der Waals surface area contributed by atoms with Crippen LogP contribution in [0.25, 0.3) is 0 Å². The number of nitrogens with zero attached hydrogens (tertiary/aromatic N) is 2. The summed E-state index contributed by atoms with van der Waals surface area (Å²) in [4.78, 5) is 29.7. The normalized spacial score (nSPS) is 12.1. The van der Waals surface area contributed by atoms with E-state index < -0.39 is 28.5 Å². The number of nitrogens with one attached hydrogen (secondary N) is 1. The van der Waals surface area contributed by atoms with Crippen molar-refractivity contribution in [3.63, 3.8) is 0 Å². The van der Waals surface area contributed by atoms with Crippen molar-refractivity contribution in [2.24, 2.45) is 0 Å². The average molecular weight is 667 g/mol. The van der Waals surface area contributed by atoms with Gasteiger partial charge in [0.25, 0.3) is 10.0 Å². The zero-order valence-corrected chi connectivity index (χ0v) is 28.0. The molecule has 10 heteroatoms. The lowest BCUT2D eigenvalue weighted by Gasteiger charge is -2.34. The molecule has 0 bridgehead atoms. The van der Waals surface area contributed by atoms with Gasteiger partial charge in [-0.2, -0.15) is 0 Å². The maximum absolute atomic E-state index is 14.5. The molecular formula is C35H37Cl2N3O4S. The Morgan fingerprint density at radius 2 is 1.38 bits per heavy atom. The van der Waals surface area contributed by atoms with Gasteiger partial charge in [-0.1, -0.05) is 95.0 Å². The molecule has 0 aromatic heterocycles. The standard InChI is InChI=1S/C35H37Cl2N3O4S/c1-24(2)38-35(42)33(21-27-8-6-5-7-9-27)39(22-28-14-19-31(36)32(37)20-28)34(41)23-40(29-15-10-25(3)11-16-29)45(43,44)30-17-12-26(4)13-18-30/h5-20,24,33H,21-23H2,1-4H3,(H,38,42). The summed E-state index contributed by atoms with van der Waals surface area (Å²) in [7, 11) is -4.17. The Bertz CT molecular complexity index is 1730. The van der Waals surface area contributed by atoms with Gasteiger partial charge in [0.05, 0.1) is 20.6 Å². The number of halogens is 2. The van der Waals surface area contributed by atoms with Crippen LogP contribution in [0.15, 0.2) is 102 Å². The lowest BCUT2D eigenvalue weighted by Crippen LogP contribution is -2.54. The topological polar surface area (TPSA) is 86.8 Å². The average Bonchev–Trinajstić information content (AvgIpc) is 3.00. The van der Waals surface area contributed by atoms with Crippen molar-refractivity contribution in [3.8, 4) is 0 Å². The third-order valence-corrected chi connectivity index (χ3v) is 9.78. The van der Waals surface area contributed by atoms with E-state index in [1.807, 2.05) is 58.0 Å². The van der Waals surface area contributed by atoms with Gasteiger partial charge in [0.1, 0.15) is 12.6 Å². The molecule has 0 aliphatic heterocycles. The number of aryl methyl sites for hydroxylation is 2. The van der Waals surface area contributed by atoms with Crippen molar-refractivity contribution >= 4 is 50.7 Å². The second-order valence-electron chi connectivity index (χ2n) is 11.3. The van der Waals surface area contributed by atoms with Gasteiger partial charge in [-0.25, -0.2) is 8.42 Å². The largest absolute Gasteiger partial charge is 0.352 e. The molecule has 0 radical (unpaired) electrons. The molecule has 2 amide bonds. The van der Waals surface area contributed by atoms with E-state index in [1.165, 1.54) is 17.0 Å². The van der Waals surface area contributed by atoms with E-state index >= 15 is 0 Å². The Kier molecular flexibility index (Phi) is 11.3. The molecule has 0 aliphatic carbocycles. The molecule has 236 valence electrons. The summed E-state index contributed by atoms with van der Waals surface area (Å²) in [5.74, 6) is -0.914. The van der Waals surface area contributed by atoms with E-state index in [0.717, 1.165) is 21.0 Å². The predicted molar refractivity (Wildman–Crippen MR) is 181 cm³/mol. The van der Waals surface area contributed by atoms with Crippen LogP contribution in [0.5, 0.6) is 0 Å². The maximum Gasteiger partial charge on any atom is 0.264 e. The summed E-state index contributed by atoms with van der Waals surface area (Å²) in [6.45, 7) is 6.90. The number of sulfonamides is 1. The number of anilines is 1. The molecule has 1 N–H and O–H groups in total. The lowest BCUT2D eigenvalue weighted by atomic mass is 10.0. The van der Waals surface area contributed by atoms with Gasteiger partial charge in [0, 0.05) is 19.0 Å². The fraction of sp³-hybridized carbons (Fsp3) is 0.257. The highest BCUT2D eigenvalue weighted by atomic mass is 35.5. The monoisotopic (exact) mass is 665 g/mol. The SMILES string of the molecule is Cc1ccc(N(CC(=O)N(Cc2ccc(Cl)c(Cl)c2)C(Cc2ccccc2)C(=O)NC(C)C)S(=O)(=O)c2ccc(C)cc2)cc1. The first-order valence-corrected chi connectivity index (χ1v) is 16.8. The van der Waals surface area contributed by atoms with Crippen molar-refractivity contribution in [1.82, 2.24) is 10.2 Å². The minimum absolute atomic E-state index is 0.00887. The Labute approximate surface area is 275 Å². The van der Waals surface area contributed by atoms with Crippen molar-refractivity contribution < 1.29 is 18.0 Å². The van der Waals surface area contributed by atoms with Crippen LogP contribution in [0, 0.1) is 13.8 Å². The highest BCUT2D eigenvalue weighted by molar-refractivity contribution is 7.92. The molecule has 0 fully saturated rings.